The topological polar surface area (TPSA) is 89.4 Å². The number of hydrogen-bond acceptors (Lipinski definition) is 6. The Morgan fingerprint density at radius 1 is 1.16 bits per heavy atom. The van der Waals surface area contributed by atoms with Crippen LogP contribution in [0.15, 0.2) is 53.7 Å². The first kappa shape index (κ1) is 23.6. The monoisotopic (exact) mass is 473 g/mol. The van der Waals surface area contributed by atoms with Gasteiger partial charge in [0.15, 0.2) is 11.0 Å². The number of carbonyl (C=O) groups excluding carboxylic acids is 2. The first-order chi connectivity index (χ1) is 15.4. The fraction of sp³-hybridized carbons (Fsp3) is 0.273. The van der Waals surface area contributed by atoms with E-state index in [9.17, 15) is 9.59 Å². The molecule has 0 unspecified atom stereocenters. The maximum absolute atomic E-state index is 12.6. The molecule has 168 valence electrons. The fourth-order valence-electron chi connectivity index (χ4n) is 3.00. The number of thioether (sulfide) groups is 1. The third kappa shape index (κ3) is 5.60. The Labute approximate surface area is 195 Å². The van der Waals surface area contributed by atoms with Crippen molar-refractivity contribution in [1.29, 1.82) is 0 Å². The molecule has 0 saturated carbocycles. The van der Waals surface area contributed by atoms with E-state index in [-0.39, 0.29) is 24.1 Å². The molecule has 0 aliphatic heterocycles. The summed E-state index contributed by atoms with van der Waals surface area (Å²) in [6.45, 7) is 2.53. The van der Waals surface area contributed by atoms with Crippen molar-refractivity contribution in [1.82, 2.24) is 19.7 Å². The second-order valence-corrected chi connectivity index (χ2v) is 8.17. The minimum atomic E-state index is -0.325. The number of para-hydroxylation sites is 2. The van der Waals surface area contributed by atoms with E-state index in [0.29, 0.717) is 34.0 Å². The van der Waals surface area contributed by atoms with E-state index < -0.39 is 0 Å². The summed E-state index contributed by atoms with van der Waals surface area (Å²) in [7, 11) is 3.19. The highest BCUT2D eigenvalue weighted by Gasteiger charge is 2.19. The van der Waals surface area contributed by atoms with Crippen molar-refractivity contribution in [2.45, 2.75) is 18.6 Å². The number of methoxy groups -OCH3 is 1. The number of halogens is 1. The van der Waals surface area contributed by atoms with E-state index in [0.717, 1.165) is 5.56 Å². The van der Waals surface area contributed by atoms with Crippen LogP contribution in [0.25, 0.3) is 11.4 Å². The number of likely N-dealkylation sites (N-methyl/N-ethyl adjacent to an activating group) is 1. The lowest BCUT2D eigenvalue weighted by atomic mass is 10.2. The van der Waals surface area contributed by atoms with Gasteiger partial charge in [0.1, 0.15) is 5.75 Å². The smallest absolute Gasteiger partial charge is 0.244 e. The summed E-state index contributed by atoms with van der Waals surface area (Å²) in [6.07, 6.45) is 0. The molecular formula is C22H24ClN5O3S. The van der Waals surface area contributed by atoms with E-state index in [4.69, 9.17) is 16.3 Å². The molecule has 3 aromatic rings. The van der Waals surface area contributed by atoms with Crippen LogP contribution in [-0.2, 0) is 16.1 Å². The van der Waals surface area contributed by atoms with Crippen molar-refractivity contribution in [3.05, 3.63) is 53.6 Å². The number of ether oxygens (including phenoxy) is 1. The zero-order valence-corrected chi connectivity index (χ0v) is 19.6. The van der Waals surface area contributed by atoms with Gasteiger partial charge in [0.05, 0.1) is 35.7 Å². The third-order valence-electron chi connectivity index (χ3n) is 4.66. The summed E-state index contributed by atoms with van der Waals surface area (Å²) >= 11 is 7.33. The normalized spacial score (nSPS) is 10.6. The Bertz CT molecular complexity index is 1100. The number of carbonyl (C=O) groups is 2. The molecule has 2 amide bonds. The van der Waals surface area contributed by atoms with Gasteiger partial charge >= 0.3 is 0 Å². The quantitative estimate of drug-likeness (QED) is 0.475. The van der Waals surface area contributed by atoms with Gasteiger partial charge < -0.3 is 19.5 Å². The number of nitrogens with one attached hydrogen (secondary N) is 1. The minimum absolute atomic E-state index is 0.0858. The molecule has 0 atom stereocenters. The molecule has 0 spiro atoms. The predicted octanol–water partition coefficient (Wildman–Crippen LogP) is 3.82. The molecule has 0 bridgehead atoms. The molecule has 1 aromatic heterocycles. The maximum Gasteiger partial charge on any atom is 0.244 e. The highest BCUT2D eigenvalue weighted by molar-refractivity contribution is 7.99. The van der Waals surface area contributed by atoms with Crippen LogP contribution in [0.2, 0.25) is 5.02 Å². The minimum Gasteiger partial charge on any atom is -0.496 e. The second kappa shape index (κ2) is 11.0. The Morgan fingerprint density at radius 3 is 2.59 bits per heavy atom. The van der Waals surface area contributed by atoms with Gasteiger partial charge in [-0.25, -0.2) is 0 Å². The van der Waals surface area contributed by atoms with Gasteiger partial charge in [-0.3, -0.25) is 9.59 Å². The van der Waals surface area contributed by atoms with Gasteiger partial charge in [0, 0.05) is 13.6 Å². The summed E-state index contributed by atoms with van der Waals surface area (Å²) in [6, 6.07) is 14.5. The molecule has 1 N–H and O–H groups in total. The first-order valence-electron chi connectivity index (χ1n) is 9.92. The van der Waals surface area contributed by atoms with Gasteiger partial charge in [-0.1, -0.05) is 47.6 Å². The van der Waals surface area contributed by atoms with E-state index in [1.807, 2.05) is 35.8 Å². The maximum atomic E-state index is 12.6. The van der Waals surface area contributed by atoms with Crippen molar-refractivity contribution in [3.8, 4) is 17.1 Å². The molecular weight excluding hydrogens is 450 g/mol. The zero-order valence-electron chi connectivity index (χ0n) is 18.0. The average molecular weight is 474 g/mol. The lowest BCUT2D eigenvalue weighted by Crippen LogP contribution is -2.36. The SMILES string of the molecule is CCn1c(SCC(=O)N(C)CC(=O)Nc2ccccc2Cl)nnc1-c1ccccc1OC. The summed E-state index contributed by atoms with van der Waals surface area (Å²) in [5, 5.41) is 12.3. The molecule has 0 radical (unpaired) electrons. The van der Waals surface area contributed by atoms with Crippen LogP contribution in [0.4, 0.5) is 5.69 Å². The lowest BCUT2D eigenvalue weighted by Gasteiger charge is -2.17. The van der Waals surface area contributed by atoms with Crippen LogP contribution >= 0.6 is 23.4 Å². The van der Waals surface area contributed by atoms with Crippen molar-refractivity contribution in [2.75, 3.05) is 31.8 Å². The Morgan fingerprint density at radius 2 is 1.88 bits per heavy atom. The van der Waals surface area contributed by atoms with Crippen LogP contribution in [0.3, 0.4) is 0 Å². The molecule has 0 fully saturated rings. The lowest BCUT2D eigenvalue weighted by molar-refractivity contribution is -0.131. The van der Waals surface area contributed by atoms with E-state index in [1.165, 1.54) is 16.7 Å². The number of amides is 2. The van der Waals surface area contributed by atoms with E-state index in [1.54, 1.807) is 38.4 Å². The van der Waals surface area contributed by atoms with Gasteiger partial charge in [0.25, 0.3) is 0 Å². The number of rotatable bonds is 9. The predicted molar refractivity (Wildman–Crippen MR) is 126 cm³/mol. The molecule has 0 aliphatic carbocycles. The van der Waals surface area contributed by atoms with Crippen molar-refractivity contribution < 1.29 is 14.3 Å². The molecule has 3 rings (SSSR count). The van der Waals surface area contributed by atoms with Crippen LogP contribution in [0, 0.1) is 0 Å². The second-order valence-electron chi connectivity index (χ2n) is 6.82. The van der Waals surface area contributed by atoms with Crippen molar-refractivity contribution in [3.63, 3.8) is 0 Å². The van der Waals surface area contributed by atoms with Gasteiger partial charge in [-0.2, -0.15) is 0 Å². The molecule has 32 heavy (non-hydrogen) atoms. The van der Waals surface area contributed by atoms with Gasteiger partial charge in [0.2, 0.25) is 11.8 Å². The summed E-state index contributed by atoms with van der Waals surface area (Å²) in [5.41, 5.74) is 1.34. The number of nitrogens with zero attached hydrogens (tertiary/aromatic N) is 4. The number of hydrogen-bond donors (Lipinski definition) is 1. The van der Waals surface area contributed by atoms with E-state index >= 15 is 0 Å². The first-order valence-corrected chi connectivity index (χ1v) is 11.3. The summed E-state index contributed by atoms with van der Waals surface area (Å²) in [5.74, 6) is 0.974. The van der Waals surface area contributed by atoms with Crippen LogP contribution in [0.1, 0.15) is 6.92 Å². The average Bonchev–Trinajstić information content (AvgIpc) is 3.21. The Kier molecular flexibility index (Phi) is 8.13. The molecule has 8 nitrogen and oxygen atoms in total. The summed E-state index contributed by atoms with van der Waals surface area (Å²) < 4.78 is 7.36. The standard InChI is InChI=1S/C22H24ClN5O3S/c1-4-28-21(15-9-5-8-12-18(15)31-3)25-26-22(28)32-14-20(30)27(2)13-19(29)24-17-11-7-6-10-16(17)23/h5-12H,4,13-14H2,1-3H3,(H,24,29). The highest BCUT2D eigenvalue weighted by Crippen LogP contribution is 2.30. The van der Waals surface area contributed by atoms with Crippen LogP contribution in [-0.4, -0.2) is 57.9 Å². The van der Waals surface area contributed by atoms with Crippen molar-refractivity contribution >= 4 is 40.9 Å². The zero-order chi connectivity index (χ0) is 23.1. The number of benzene rings is 2. The van der Waals surface area contributed by atoms with E-state index in [2.05, 4.69) is 15.5 Å². The molecule has 0 aliphatic rings. The van der Waals surface area contributed by atoms with Crippen molar-refractivity contribution in [2.24, 2.45) is 0 Å². The third-order valence-corrected chi connectivity index (χ3v) is 5.94. The van der Waals surface area contributed by atoms with Crippen LogP contribution < -0.4 is 10.1 Å². The summed E-state index contributed by atoms with van der Waals surface area (Å²) in [4.78, 5) is 26.2. The highest BCUT2D eigenvalue weighted by atomic mass is 35.5. The Hall–Kier alpha value is -3.04. The number of aromatic nitrogens is 3. The Balaban J connectivity index is 1.61. The molecule has 2 aromatic carbocycles. The molecule has 1 heterocycles. The van der Waals surface area contributed by atoms with Gasteiger partial charge in [-0.05, 0) is 31.2 Å². The fourth-order valence-corrected chi connectivity index (χ4v) is 4.13. The number of anilines is 1. The largest absolute Gasteiger partial charge is 0.496 e. The van der Waals surface area contributed by atoms with Crippen LogP contribution in [0.5, 0.6) is 5.75 Å². The molecule has 0 saturated heterocycles. The van der Waals surface area contributed by atoms with Gasteiger partial charge in [-0.15, -0.1) is 10.2 Å². The molecule has 10 heteroatoms.